The van der Waals surface area contributed by atoms with E-state index in [1.165, 1.54) is 0 Å². The molecule has 0 aromatic rings. The second-order valence-electron chi connectivity index (χ2n) is 2.24. The minimum absolute atomic E-state index is 0. The second-order valence-corrected chi connectivity index (χ2v) is 2.24. The molecule has 1 rings (SSSR count). The van der Waals surface area contributed by atoms with E-state index in [4.69, 9.17) is 12.2 Å². The molecule has 0 bridgehead atoms. The highest BCUT2D eigenvalue weighted by atomic mass is 35.5. The number of terminal acetylenes is 1. The third-order valence-corrected chi connectivity index (χ3v) is 1.35. The molecule has 0 aliphatic heterocycles. The van der Waals surface area contributed by atoms with Gasteiger partial charge >= 0.3 is 0 Å². The highest BCUT2D eigenvalue weighted by Gasteiger charge is 2.36. The number of halogens is 1. The first kappa shape index (κ1) is 7.81. The Balaban J connectivity index is 0.000000490. The van der Waals surface area contributed by atoms with Gasteiger partial charge in [0.15, 0.2) is 0 Å². The fourth-order valence-corrected chi connectivity index (χ4v) is 0.541. The maximum Gasteiger partial charge on any atom is 0.0267 e. The number of hydrogen-bond acceptors (Lipinski definition) is 1. The van der Waals surface area contributed by atoms with Crippen LogP contribution in [0.25, 0.3) is 0 Å². The van der Waals surface area contributed by atoms with Gasteiger partial charge < -0.3 is 5.73 Å². The summed E-state index contributed by atoms with van der Waals surface area (Å²) >= 11 is 0. The van der Waals surface area contributed by atoms with Crippen LogP contribution in [0.1, 0.15) is 19.3 Å². The zero-order valence-corrected chi connectivity index (χ0v) is 5.50. The minimum Gasteiger partial charge on any atom is -0.324 e. The Hall–Kier alpha value is -0.190. The van der Waals surface area contributed by atoms with Crippen LogP contribution in [0.2, 0.25) is 0 Å². The summed E-state index contributed by atoms with van der Waals surface area (Å²) in [5.74, 6) is 2.55. The van der Waals surface area contributed by atoms with Gasteiger partial charge in [-0.2, -0.15) is 0 Å². The largest absolute Gasteiger partial charge is 0.324 e. The van der Waals surface area contributed by atoms with Gasteiger partial charge in [0, 0.05) is 12.0 Å². The van der Waals surface area contributed by atoms with Crippen molar-refractivity contribution in [1.29, 1.82) is 0 Å². The molecule has 0 heterocycles. The van der Waals surface area contributed by atoms with Gasteiger partial charge in [0.2, 0.25) is 0 Å². The SMILES string of the molecule is C#CCC1(N)CC1.Cl. The van der Waals surface area contributed by atoms with Gasteiger partial charge in [-0.15, -0.1) is 24.8 Å². The zero-order valence-electron chi connectivity index (χ0n) is 4.68. The Morgan fingerprint density at radius 2 is 2.12 bits per heavy atom. The van der Waals surface area contributed by atoms with Gasteiger partial charge in [-0.3, -0.25) is 0 Å². The van der Waals surface area contributed by atoms with Crippen LogP contribution in [-0.4, -0.2) is 5.54 Å². The normalized spacial score (nSPS) is 20.5. The molecule has 1 fully saturated rings. The highest BCUT2D eigenvalue weighted by Crippen LogP contribution is 2.34. The molecule has 8 heavy (non-hydrogen) atoms. The standard InChI is InChI=1S/C6H9N.ClH/c1-2-3-6(7)4-5-6;/h1H,3-5,7H2;1H. The van der Waals surface area contributed by atoms with Crippen molar-refractivity contribution in [2.24, 2.45) is 5.73 Å². The summed E-state index contributed by atoms with van der Waals surface area (Å²) < 4.78 is 0. The molecular formula is C6H10ClN. The van der Waals surface area contributed by atoms with Crippen LogP contribution in [-0.2, 0) is 0 Å². The van der Waals surface area contributed by atoms with Gasteiger partial charge in [-0.25, -0.2) is 0 Å². The molecule has 0 aromatic heterocycles. The fraction of sp³-hybridized carbons (Fsp3) is 0.667. The monoisotopic (exact) mass is 131 g/mol. The molecule has 2 N–H and O–H groups in total. The molecule has 1 saturated carbocycles. The number of hydrogen-bond donors (Lipinski definition) is 1. The van der Waals surface area contributed by atoms with E-state index in [0.29, 0.717) is 0 Å². The van der Waals surface area contributed by atoms with E-state index in [9.17, 15) is 0 Å². The van der Waals surface area contributed by atoms with Crippen LogP contribution < -0.4 is 5.73 Å². The first-order valence-corrected chi connectivity index (χ1v) is 2.49. The van der Waals surface area contributed by atoms with Crippen molar-refractivity contribution in [1.82, 2.24) is 0 Å². The van der Waals surface area contributed by atoms with E-state index in [0.717, 1.165) is 19.3 Å². The van der Waals surface area contributed by atoms with Crippen molar-refractivity contribution >= 4 is 12.4 Å². The van der Waals surface area contributed by atoms with Crippen LogP contribution in [0.5, 0.6) is 0 Å². The minimum atomic E-state index is 0. The Morgan fingerprint density at radius 1 is 1.62 bits per heavy atom. The van der Waals surface area contributed by atoms with E-state index in [2.05, 4.69) is 5.92 Å². The summed E-state index contributed by atoms with van der Waals surface area (Å²) in [5, 5.41) is 0. The predicted octanol–water partition coefficient (Wildman–Crippen LogP) is 0.923. The lowest BCUT2D eigenvalue weighted by Gasteiger charge is -1.97. The topological polar surface area (TPSA) is 26.0 Å². The molecule has 1 nitrogen and oxygen atoms in total. The van der Waals surface area contributed by atoms with E-state index >= 15 is 0 Å². The Labute approximate surface area is 56.1 Å². The molecule has 2 heteroatoms. The molecule has 1 aliphatic rings. The van der Waals surface area contributed by atoms with Crippen LogP contribution in [0.15, 0.2) is 0 Å². The lowest BCUT2D eigenvalue weighted by atomic mass is 10.2. The molecule has 1 aliphatic carbocycles. The third-order valence-electron chi connectivity index (χ3n) is 1.35. The van der Waals surface area contributed by atoms with Crippen LogP contribution in [0.4, 0.5) is 0 Å². The van der Waals surface area contributed by atoms with Crippen LogP contribution in [0.3, 0.4) is 0 Å². The Bertz CT molecular complexity index is 110. The van der Waals surface area contributed by atoms with Crippen molar-refractivity contribution in [2.45, 2.75) is 24.8 Å². The molecule has 0 spiro atoms. The summed E-state index contributed by atoms with van der Waals surface area (Å²) in [6.07, 6.45) is 8.03. The number of rotatable bonds is 1. The fourth-order valence-electron chi connectivity index (χ4n) is 0.541. The van der Waals surface area contributed by atoms with Crippen molar-refractivity contribution in [2.75, 3.05) is 0 Å². The molecule has 0 radical (unpaired) electrons. The van der Waals surface area contributed by atoms with Crippen LogP contribution >= 0.6 is 12.4 Å². The molecule has 0 amide bonds. The van der Waals surface area contributed by atoms with Crippen molar-refractivity contribution in [3.8, 4) is 12.3 Å². The van der Waals surface area contributed by atoms with Gasteiger partial charge in [-0.1, -0.05) is 0 Å². The lowest BCUT2D eigenvalue weighted by Crippen LogP contribution is -2.19. The summed E-state index contributed by atoms with van der Waals surface area (Å²) in [6.45, 7) is 0. The van der Waals surface area contributed by atoms with Crippen LogP contribution in [0, 0.1) is 12.3 Å². The smallest absolute Gasteiger partial charge is 0.0267 e. The van der Waals surface area contributed by atoms with Gasteiger partial charge in [0.25, 0.3) is 0 Å². The van der Waals surface area contributed by atoms with Gasteiger partial charge in [-0.05, 0) is 12.8 Å². The van der Waals surface area contributed by atoms with Crippen molar-refractivity contribution in [3.05, 3.63) is 0 Å². The van der Waals surface area contributed by atoms with Crippen molar-refractivity contribution in [3.63, 3.8) is 0 Å². The maximum atomic E-state index is 5.61. The number of nitrogens with two attached hydrogens (primary N) is 1. The zero-order chi connectivity index (χ0) is 5.33. The highest BCUT2D eigenvalue weighted by molar-refractivity contribution is 5.85. The summed E-state index contributed by atoms with van der Waals surface area (Å²) in [6, 6.07) is 0. The summed E-state index contributed by atoms with van der Waals surface area (Å²) in [4.78, 5) is 0. The van der Waals surface area contributed by atoms with E-state index in [-0.39, 0.29) is 17.9 Å². The summed E-state index contributed by atoms with van der Waals surface area (Å²) in [7, 11) is 0. The maximum absolute atomic E-state index is 5.61. The third kappa shape index (κ3) is 1.73. The average Bonchev–Trinajstić information content (AvgIpc) is 2.22. The molecule has 0 aromatic carbocycles. The molecule has 46 valence electrons. The first-order chi connectivity index (χ1) is 3.27. The van der Waals surface area contributed by atoms with E-state index in [1.54, 1.807) is 0 Å². The quantitative estimate of drug-likeness (QED) is 0.527. The average molecular weight is 132 g/mol. The van der Waals surface area contributed by atoms with Gasteiger partial charge in [0.1, 0.15) is 0 Å². The molecule has 0 unspecified atom stereocenters. The predicted molar refractivity (Wildman–Crippen MR) is 36.9 cm³/mol. The van der Waals surface area contributed by atoms with E-state index in [1.807, 2.05) is 0 Å². The first-order valence-electron chi connectivity index (χ1n) is 2.49. The second kappa shape index (κ2) is 2.39. The molecule has 0 atom stereocenters. The molecular weight excluding hydrogens is 122 g/mol. The van der Waals surface area contributed by atoms with Crippen molar-refractivity contribution < 1.29 is 0 Å². The Morgan fingerprint density at radius 3 is 2.25 bits per heavy atom. The van der Waals surface area contributed by atoms with Gasteiger partial charge in [0.05, 0.1) is 0 Å². The Kier molecular flexibility index (Phi) is 2.33. The van der Waals surface area contributed by atoms with E-state index < -0.39 is 0 Å². The molecule has 0 saturated heterocycles. The summed E-state index contributed by atoms with van der Waals surface area (Å²) in [5.41, 5.74) is 5.68. The lowest BCUT2D eigenvalue weighted by molar-refractivity contribution is 0.702.